The zero-order chi connectivity index (χ0) is 25.6. The lowest BCUT2D eigenvalue weighted by Gasteiger charge is -2.58. The molecule has 0 spiro atoms. The standard InChI is InChI=1S/C28H48O5P2/c1-18(2)26(33-35(6,30)31)12-7-19(3)23-10-11-24-22-9-8-20-17-21(32-34-29)13-15-27(20,4)25(22)14-16-28(23,24)5/h8,18-19,21-26H,7,9-17H2,1-6H3,(H,30,31)/t19-,21+,22+,23-,24+,25+,26+,27+,28-/m1/s1. The van der Waals surface area contributed by atoms with E-state index in [9.17, 15) is 14.0 Å². The molecule has 0 saturated heterocycles. The maximum absolute atomic E-state index is 11.9. The summed E-state index contributed by atoms with van der Waals surface area (Å²) in [7, 11) is -3.65. The van der Waals surface area contributed by atoms with Gasteiger partial charge >= 0.3 is 16.3 Å². The average molecular weight is 527 g/mol. The normalized spacial score (nSPS) is 42.5. The van der Waals surface area contributed by atoms with Crippen LogP contribution in [0.1, 0.15) is 98.8 Å². The van der Waals surface area contributed by atoms with Crippen LogP contribution in [0.4, 0.5) is 0 Å². The molecule has 1 N–H and O–H groups in total. The molecule has 0 aliphatic heterocycles. The minimum Gasteiger partial charge on any atom is -0.324 e. The van der Waals surface area contributed by atoms with Gasteiger partial charge in [-0.2, -0.15) is 0 Å². The molecule has 0 heterocycles. The van der Waals surface area contributed by atoms with Gasteiger partial charge in [-0.05, 0) is 111 Å². The quantitative estimate of drug-likeness (QED) is 0.241. The Labute approximate surface area is 215 Å². The summed E-state index contributed by atoms with van der Waals surface area (Å²) >= 11 is 0. The fourth-order valence-electron chi connectivity index (χ4n) is 9.14. The summed E-state index contributed by atoms with van der Waals surface area (Å²) in [5.74, 6) is 3.91. The first-order valence-corrected chi connectivity index (χ1v) is 16.8. The molecule has 4 rings (SSSR count). The Bertz CT molecular complexity index is 852. The minimum absolute atomic E-state index is 0.113. The summed E-state index contributed by atoms with van der Waals surface area (Å²) in [5.41, 5.74) is 2.25. The molecule has 10 atom stereocenters. The molecular formula is C28H48O5P2. The molecule has 5 nitrogen and oxygen atoms in total. The zero-order valence-electron chi connectivity index (χ0n) is 22.7. The number of allylic oxidation sites excluding steroid dienone is 1. The monoisotopic (exact) mass is 526 g/mol. The van der Waals surface area contributed by atoms with Crippen molar-refractivity contribution in [3.8, 4) is 0 Å². The Kier molecular flexibility index (Phi) is 8.48. The fourth-order valence-corrected chi connectivity index (χ4v) is 10.3. The molecule has 0 bridgehead atoms. The van der Waals surface area contributed by atoms with E-state index in [-0.39, 0.29) is 32.2 Å². The molecule has 0 aromatic carbocycles. The number of rotatable bonds is 9. The number of hydrogen-bond donors (Lipinski definition) is 1. The second-order valence-corrected chi connectivity index (χ2v) is 15.5. The van der Waals surface area contributed by atoms with Gasteiger partial charge in [-0.15, -0.1) is 0 Å². The van der Waals surface area contributed by atoms with Crippen LogP contribution >= 0.6 is 16.3 Å². The van der Waals surface area contributed by atoms with Crippen molar-refractivity contribution in [1.29, 1.82) is 0 Å². The second kappa shape index (κ2) is 10.6. The highest BCUT2D eigenvalue weighted by Crippen LogP contribution is 2.67. The van der Waals surface area contributed by atoms with Crippen molar-refractivity contribution >= 4 is 16.3 Å². The predicted molar refractivity (Wildman–Crippen MR) is 142 cm³/mol. The Hall–Kier alpha value is -0.0500. The lowest BCUT2D eigenvalue weighted by atomic mass is 9.47. The summed E-state index contributed by atoms with van der Waals surface area (Å²) in [5, 5.41) is 0. The molecule has 200 valence electrons. The third-order valence-corrected chi connectivity index (χ3v) is 12.0. The van der Waals surface area contributed by atoms with Crippen molar-refractivity contribution in [1.82, 2.24) is 0 Å². The van der Waals surface area contributed by atoms with Crippen molar-refractivity contribution in [3.05, 3.63) is 11.6 Å². The summed E-state index contributed by atoms with van der Waals surface area (Å²) in [6.07, 6.45) is 14.1. The highest BCUT2D eigenvalue weighted by atomic mass is 31.2. The highest BCUT2D eigenvalue weighted by molar-refractivity contribution is 7.51. The third kappa shape index (κ3) is 5.56. The first kappa shape index (κ1) is 28.0. The van der Waals surface area contributed by atoms with Gasteiger partial charge in [-0.1, -0.05) is 46.3 Å². The summed E-state index contributed by atoms with van der Waals surface area (Å²) < 4.78 is 33.9. The van der Waals surface area contributed by atoms with Gasteiger partial charge in [-0.3, -0.25) is 9.09 Å². The molecule has 35 heavy (non-hydrogen) atoms. The van der Waals surface area contributed by atoms with E-state index in [2.05, 4.69) is 40.7 Å². The van der Waals surface area contributed by atoms with Crippen LogP contribution in [0.3, 0.4) is 0 Å². The number of fused-ring (bicyclic) bond motifs is 5. The number of hydrogen-bond acceptors (Lipinski definition) is 4. The van der Waals surface area contributed by atoms with Gasteiger partial charge in [0.1, 0.15) is 0 Å². The van der Waals surface area contributed by atoms with Gasteiger partial charge in [0, 0.05) is 6.66 Å². The largest absolute Gasteiger partial charge is 0.327 e. The Morgan fingerprint density at radius 1 is 1.11 bits per heavy atom. The molecule has 0 aromatic rings. The van der Waals surface area contributed by atoms with E-state index in [1.54, 1.807) is 5.57 Å². The van der Waals surface area contributed by atoms with Crippen molar-refractivity contribution in [2.75, 3.05) is 6.66 Å². The van der Waals surface area contributed by atoms with E-state index in [0.29, 0.717) is 11.3 Å². The Morgan fingerprint density at radius 2 is 1.86 bits per heavy atom. The third-order valence-electron chi connectivity index (χ3n) is 11.0. The van der Waals surface area contributed by atoms with Crippen molar-refractivity contribution < 1.29 is 23.1 Å². The van der Waals surface area contributed by atoms with Crippen LogP contribution in [0.5, 0.6) is 0 Å². The van der Waals surface area contributed by atoms with Crippen molar-refractivity contribution in [3.63, 3.8) is 0 Å². The molecular weight excluding hydrogens is 478 g/mol. The fraction of sp³-hybridized carbons (Fsp3) is 0.929. The van der Waals surface area contributed by atoms with Crippen molar-refractivity contribution in [2.45, 2.75) is 111 Å². The first-order valence-electron chi connectivity index (χ1n) is 14.1. The van der Waals surface area contributed by atoms with Crippen LogP contribution in [-0.4, -0.2) is 23.8 Å². The van der Waals surface area contributed by atoms with Gasteiger partial charge in [0.15, 0.2) is 0 Å². The lowest BCUT2D eigenvalue weighted by molar-refractivity contribution is -0.0560. The Morgan fingerprint density at radius 3 is 2.51 bits per heavy atom. The second-order valence-electron chi connectivity index (χ2n) is 13.3. The van der Waals surface area contributed by atoms with Gasteiger partial charge < -0.3 is 9.42 Å². The van der Waals surface area contributed by atoms with E-state index in [1.165, 1.54) is 38.8 Å². The van der Waals surface area contributed by atoms with E-state index in [0.717, 1.165) is 55.8 Å². The SMILES string of the molecule is CC(C)[C@H](CC[C@@H](C)[C@H]1CC[C@H]2[C@@H]3CC=C4C[C@@H](OP=O)CC[C@]4(C)[C@H]3CC[C@]12C)OP(C)(=O)O. The predicted octanol–water partition coefficient (Wildman–Crippen LogP) is 8.43. The zero-order valence-corrected chi connectivity index (χ0v) is 24.5. The van der Waals surface area contributed by atoms with Crippen LogP contribution in [0.25, 0.3) is 0 Å². The molecule has 3 saturated carbocycles. The van der Waals surface area contributed by atoms with Crippen LogP contribution in [0, 0.1) is 46.3 Å². The van der Waals surface area contributed by atoms with Crippen molar-refractivity contribution in [2.24, 2.45) is 46.3 Å². The average Bonchev–Trinajstić information content (AvgIpc) is 3.13. The minimum atomic E-state index is -3.47. The highest BCUT2D eigenvalue weighted by Gasteiger charge is 2.59. The summed E-state index contributed by atoms with van der Waals surface area (Å²) in [6, 6.07) is 0. The molecule has 1 unspecified atom stereocenters. The molecule has 0 aromatic heterocycles. The van der Waals surface area contributed by atoms with E-state index < -0.39 is 7.60 Å². The maximum Gasteiger partial charge on any atom is 0.327 e. The molecule has 0 radical (unpaired) electrons. The van der Waals surface area contributed by atoms with Crippen LogP contribution < -0.4 is 0 Å². The van der Waals surface area contributed by atoms with Gasteiger partial charge in [0.2, 0.25) is 0 Å². The van der Waals surface area contributed by atoms with E-state index >= 15 is 0 Å². The lowest BCUT2D eigenvalue weighted by Crippen LogP contribution is -2.50. The molecule has 4 aliphatic carbocycles. The Balaban J connectivity index is 1.44. The molecule has 0 amide bonds. The summed E-state index contributed by atoms with van der Waals surface area (Å²) in [6.45, 7) is 13.0. The summed E-state index contributed by atoms with van der Waals surface area (Å²) in [4.78, 5) is 9.77. The maximum atomic E-state index is 11.9. The van der Waals surface area contributed by atoms with Gasteiger partial charge in [0.25, 0.3) is 0 Å². The smallest absolute Gasteiger partial charge is 0.324 e. The van der Waals surface area contributed by atoms with Gasteiger partial charge in [-0.25, -0.2) is 4.57 Å². The van der Waals surface area contributed by atoms with E-state index in [1.807, 2.05) is 0 Å². The van der Waals surface area contributed by atoms with E-state index in [4.69, 9.17) is 9.05 Å². The van der Waals surface area contributed by atoms with Crippen LogP contribution in [0.2, 0.25) is 0 Å². The molecule has 4 aliphatic rings. The first-order chi connectivity index (χ1) is 16.4. The molecule has 7 heteroatoms. The van der Waals surface area contributed by atoms with Gasteiger partial charge in [0.05, 0.1) is 12.2 Å². The topological polar surface area (TPSA) is 72.8 Å². The molecule has 3 fully saturated rings. The van der Waals surface area contributed by atoms with Crippen LogP contribution in [0.15, 0.2) is 11.6 Å². The van der Waals surface area contributed by atoms with Crippen LogP contribution in [-0.2, 0) is 18.2 Å².